The molecule has 1 aromatic heterocycles. The Kier molecular flexibility index (Phi) is 3.34. The largest absolute Gasteiger partial charge is 0.316 e. The Morgan fingerprint density at radius 1 is 1.62 bits per heavy atom. The number of rotatable bonds is 4. The van der Waals surface area contributed by atoms with Crippen LogP contribution in [-0.4, -0.2) is 23.9 Å². The van der Waals surface area contributed by atoms with Crippen LogP contribution in [0.4, 0.5) is 0 Å². The van der Waals surface area contributed by atoms with Gasteiger partial charge >= 0.3 is 0 Å². The lowest BCUT2D eigenvalue weighted by Gasteiger charge is -2.25. The molecular formula is C13H18N2O. The third-order valence-electron chi connectivity index (χ3n) is 3.38. The minimum Gasteiger partial charge on any atom is -0.316 e. The van der Waals surface area contributed by atoms with E-state index in [4.69, 9.17) is 0 Å². The van der Waals surface area contributed by atoms with Crippen molar-refractivity contribution in [1.82, 2.24) is 10.3 Å². The molecule has 2 heterocycles. The molecule has 0 amide bonds. The van der Waals surface area contributed by atoms with Gasteiger partial charge in [-0.25, -0.2) is 0 Å². The van der Waals surface area contributed by atoms with Crippen molar-refractivity contribution in [2.24, 2.45) is 5.41 Å². The number of nitrogens with zero attached hydrogens (tertiary/aromatic N) is 1. The van der Waals surface area contributed by atoms with E-state index < -0.39 is 0 Å². The fourth-order valence-corrected chi connectivity index (χ4v) is 2.55. The number of carbonyl (C=O) groups is 1. The summed E-state index contributed by atoms with van der Waals surface area (Å²) in [5.41, 5.74) is 0.567. The first-order valence-corrected chi connectivity index (χ1v) is 5.94. The quantitative estimate of drug-likeness (QED) is 0.786. The number of aromatic nitrogens is 1. The maximum absolute atomic E-state index is 12.5. The number of nitrogens with one attached hydrogen (secondary N) is 1. The van der Waals surface area contributed by atoms with E-state index in [1.165, 1.54) is 0 Å². The molecule has 1 atom stereocenters. The zero-order valence-corrected chi connectivity index (χ0v) is 9.70. The number of ketones is 1. The van der Waals surface area contributed by atoms with Gasteiger partial charge in [0.1, 0.15) is 0 Å². The van der Waals surface area contributed by atoms with Gasteiger partial charge in [-0.2, -0.15) is 0 Å². The number of hydrogen-bond donors (Lipinski definition) is 1. The molecule has 86 valence electrons. The maximum Gasteiger partial charge on any atom is 0.171 e. The molecule has 0 radical (unpaired) electrons. The molecule has 16 heavy (non-hydrogen) atoms. The van der Waals surface area contributed by atoms with Gasteiger partial charge in [-0.3, -0.25) is 9.78 Å². The Morgan fingerprint density at radius 3 is 3.06 bits per heavy atom. The van der Waals surface area contributed by atoms with E-state index in [9.17, 15) is 4.79 Å². The highest BCUT2D eigenvalue weighted by atomic mass is 16.1. The minimum atomic E-state index is -0.183. The summed E-state index contributed by atoms with van der Waals surface area (Å²) in [6.07, 6.45) is 6.35. The third kappa shape index (κ3) is 2.00. The number of Topliss-reactive ketones (excluding diaryl/α,β-unsaturated/α-hetero) is 1. The minimum absolute atomic E-state index is 0.183. The fraction of sp³-hybridized carbons (Fsp3) is 0.538. The SMILES string of the molecule is CCCC1(C(=O)c2cccnc2)CCNC1. The van der Waals surface area contributed by atoms with Crippen molar-refractivity contribution in [2.45, 2.75) is 26.2 Å². The average Bonchev–Trinajstić information content (AvgIpc) is 2.80. The summed E-state index contributed by atoms with van der Waals surface area (Å²) in [5, 5.41) is 3.31. The normalized spacial score (nSPS) is 24.6. The molecule has 0 spiro atoms. The van der Waals surface area contributed by atoms with Crippen LogP contribution in [0, 0.1) is 5.41 Å². The number of carbonyl (C=O) groups excluding carboxylic acids is 1. The molecule has 1 unspecified atom stereocenters. The van der Waals surface area contributed by atoms with Gasteiger partial charge in [0.2, 0.25) is 0 Å². The van der Waals surface area contributed by atoms with Crippen LogP contribution in [0.25, 0.3) is 0 Å². The van der Waals surface area contributed by atoms with Gasteiger partial charge in [0.15, 0.2) is 5.78 Å². The van der Waals surface area contributed by atoms with Crippen molar-refractivity contribution < 1.29 is 4.79 Å². The Balaban J connectivity index is 2.24. The Hall–Kier alpha value is -1.22. The summed E-state index contributed by atoms with van der Waals surface area (Å²) in [6, 6.07) is 3.69. The first-order chi connectivity index (χ1) is 7.78. The molecule has 2 rings (SSSR count). The summed E-state index contributed by atoms with van der Waals surface area (Å²) in [5.74, 6) is 0.257. The second kappa shape index (κ2) is 4.74. The summed E-state index contributed by atoms with van der Waals surface area (Å²) >= 11 is 0. The van der Waals surface area contributed by atoms with Crippen molar-refractivity contribution in [2.75, 3.05) is 13.1 Å². The third-order valence-corrected chi connectivity index (χ3v) is 3.38. The monoisotopic (exact) mass is 218 g/mol. The molecule has 1 fully saturated rings. The van der Waals surface area contributed by atoms with E-state index in [1.54, 1.807) is 12.4 Å². The van der Waals surface area contributed by atoms with E-state index in [2.05, 4.69) is 17.2 Å². The van der Waals surface area contributed by atoms with Gasteiger partial charge in [-0.05, 0) is 31.5 Å². The summed E-state index contributed by atoms with van der Waals surface area (Å²) in [6.45, 7) is 3.90. The van der Waals surface area contributed by atoms with Crippen molar-refractivity contribution in [1.29, 1.82) is 0 Å². The Labute approximate surface area is 96.3 Å². The van der Waals surface area contributed by atoms with E-state index in [1.807, 2.05) is 12.1 Å². The highest BCUT2D eigenvalue weighted by Gasteiger charge is 2.40. The predicted octanol–water partition coefficient (Wildman–Crippen LogP) is 2.04. The van der Waals surface area contributed by atoms with Gasteiger partial charge < -0.3 is 5.32 Å². The molecule has 1 aliphatic rings. The van der Waals surface area contributed by atoms with Gasteiger partial charge in [-0.15, -0.1) is 0 Å². The second-order valence-electron chi connectivity index (χ2n) is 4.53. The van der Waals surface area contributed by atoms with Crippen LogP contribution in [0.5, 0.6) is 0 Å². The molecule has 0 saturated carbocycles. The first kappa shape index (κ1) is 11.3. The average molecular weight is 218 g/mol. The molecule has 0 bridgehead atoms. The zero-order valence-electron chi connectivity index (χ0n) is 9.70. The lowest BCUT2D eigenvalue weighted by atomic mass is 9.76. The van der Waals surface area contributed by atoms with Crippen LogP contribution in [-0.2, 0) is 0 Å². The van der Waals surface area contributed by atoms with Crippen LogP contribution in [0.3, 0.4) is 0 Å². The molecule has 3 nitrogen and oxygen atoms in total. The van der Waals surface area contributed by atoms with Gasteiger partial charge in [0, 0.05) is 29.9 Å². The highest BCUT2D eigenvalue weighted by Crippen LogP contribution is 2.34. The number of pyridine rings is 1. The number of hydrogen-bond acceptors (Lipinski definition) is 3. The Bertz CT molecular complexity index is 355. The summed E-state index contributed by atoms with van der Waals surface area (Å²) in [4.78, 5) is 16.5. The summed E-state index contributed by atoms with van der Waals surface area (Å²) in [7, 11) is 0. The maximum atomic E-state index is 12.5. The standard InChI is InChI=1S/C13H18N2O/c1-2-5-13(6-8-15-10-13)12(16)11-4-3-7-14-9-11/h3-4,7,9,15H,2,5-6,8,10H2,1H3. The van der Waals surface area contributed by atoms with E-state index in [0.29, 0.717) is 0 Å². The lowest BCUT2D eigenvalue weighted by Crippen LogP contribution is -2.33. The highest BCUT2D eigenvalue weighted by molar-refractivity contribution is 6.00. The van der Waals surface area contributed by atoms with Crippen molar-refractivity contribution >= 4 is 5.78 Å². The first-order valence-electron chi connectivity index (χ1n) is 5.94. The van der Waals surface area contributed by atoms with Gasteiger partial charge in [-0.1, -0.05) is 13.3 Å². The molecule has 1 saturated heterocycles. The van der Waals surface area contributed by atoms with Gasteiger partial charge in [0.05, 0.1) is 0 Å². The topological polar surface area (TPSA) is 42.0 Å². The van der Waals surface area contributed by atoms with Crippen LogP contribution in [0.2, 0.25) is 0 Å². The predicted molar refractivity (Wildman–Crippen MR) is 63.4 cm³/mol. The molecule has 0 aliphatic carbocycles. The van der Waals surface area contributed by atoms with E-state index in [-0.39, 0.29) is 11.2 Å². The molecular weight excluding hydrogens is 200 g/mol. The summed E-state index contributed by atoms with van der Waals surface area (Å²) < 4.78 is 0. The molecule has 1 N–H and O–H groups in total. The lowest BCUT2D eigenvalue weighted by molar-refractivity contribution is 0.0801. The van der Waals surface area contributed by atoms with Crippen molar-refractivity contribution in [3.05, 3.63) is 30.1 Å². The fourth-order valence-electron chi connectivity index (χ4n) is 2.55. The van der Waals surface area contributed by atoms with Crippen LogP contribution >= 0.6 is 0 Å². The smallest absolute Gasteiger partial charge is 0.171 e. The van der Waals surface area contributed by atoms with E-state index >= 15 is 0 Å². The second-order valence-corrected chi connectivity index (χ2v) is 4.53. The van der Waals surface area contributed by atoms with Crippen LogP contribution in [0.1, 0.15) is 36.5 Å². The molecule has 1 aliphatic heterocycles. The van der Waals surface area contributed by atoms with Crippen molar-refractivity contribution in [3.63, 3.8) is 0 Å². The van der Waals surface area contributed by atoms with Crippen LogP contribution < -0.4 is 5.32 Å². The molecule has 1 aromatic rings. The van der Waals surface area contributed by atoms with E-state index in [0.717, 1.165) is 37.9 Å². The van der Waals surface area contributed by atoms with Crippen LogP contribution in [0.15, 0.2) is 24.5 Å². The van der Waals surface area contributed by atoms with Crippen molar-refractivity contribution in [3.8, 4) is 0 Å². The Morgan fingerprint density at radius 2 is 2.50 bits per heavy atom. The molecule has 3 heteroatoms. The van der Waals surface area contributed by atoms with Gasteiger partial charge in [0.25, 0.3) is 0 Å². The molecule has 0 aromatic carbocycles. The zero-order chi connectivity index (χ0) is 11.4.